The number of aryl methyl sites for hydroxylation is 1. The summed E-state index contributed by atoms with van der Waals surface area (Å²) in [5.41, 5.74) is 3.73. The topological polar surface area (TPSA) is 29.1 Å². The van der Waals surface area contributed by atoms with Crippen LogP contribution in [-0.4, -0.2) is 19.4 Å². The molecular formula is C17H19NO. The van der Waals surface area contributed by atoms with E-state index in [0.29, 0.717) is 0 Å². The Morgan fingerprint density at radius 3 is 2.32 bits per heavy atom. The summed E-state index contributed by atoms with van der Waals surface area (Å²) in [5.74, 6) is 0.116. The predicted octanol–water partition coefficient (Wildman–Crippen LogP) is 2.99. The molecule has 0 aliphatic carbocycles. The molecule has 0 aliphatic rings. The number of hydrogen-bond acceptors (Lipinski definition) is 2. The highest BCUT2D eigenvalue weighted by Gasteiger charge is 2.14. The van der Waals surface area contributed by atoms with Gasteiger partial charge in [-0.15, -0.1) is 0 Å². The van der Waals surface area contributed by atoms with Crippen molar-refractivity contribution in [3.63, 3.8) is 0 Å². The summed E-state index contributed by atoms with van der Waals surface area (Å²) in [7, 11) is 1.92. The molecule has 0 aromatic heterocycles. The van der Waals surface area contributed by atoms with Crippen molar-refractivity contribution in [2.45, 2.75) is 13.3 Å². The largest absolute Gasteiger partial charge is 0.319 e. The molecule has 0 atom stereocenters. The van der Waals surface area contributed by atoms with Gasteiger partial charge >= 0.3 is 0 Å². The fourth-order valence-corrected chi connectivity index (χ4v) is 2.19. The van der Waals surface area contributed by atoms with Crippen molar-refractivity contribution in [3.05, 3.63) is 70.8 Å². The first-order valence-corrected chi connectivity index (χ1v) is 6.57. The van der Waals surface area contributed by atoms with E-state index in [9.17, 15) is 4.79 Å². The summed E-state index contributed by atoms with van der Waals surface area (Å²) in [6.45, 7) is 2.85. The third-order valence-corrected chi connectivity index (χ3v) is 3.30. The molecule has 0 radical (unpaired) electrons. The summed E-state index contributed by atoms with van der Waals surface area (Å²) in [4.78, 5) is 12.6. The summed E-state index contributed by atoms with van der Waals surface area (Å²) in [5, 5.41) is 3.12. The quantitative estimate of drug-likeness (QED) is 0.830. The van der Waals surface area contributed by atoms with Crippen LogP contribution in [0.5, 0.6) is 0 Å². The van der Waals surface area contributed by atoms with Gasteiger partial charge in [-0.3, -0.25) is 4.79 Å². The first-order valence-electron chi connectivity index (χ1n) is 6.57. The van der Waals surface area contributed by atoms with E-state index >= 15 is 0 Å². The Bertz CT molecular complexity index is 575. The number of hydrogen-bond donors (Lipinski definition) is 1. The van der Waals surface area contributed by atoms with E-state index < -0.39 is 0 Å². The highest BCUT2D eigenvalue weighted by Crippen LogP contribution is 2.17. The van der Waals surface area contributed by atoms with Gasteiger partial charge in [0, 0.05) is 11.1 Å². The third-order valence-electron chi connectivity index (χ3n) is 3.30. The molecule has 0 saturated heterocycles. The van der Waals surface area contributed by atoms with Crippen molar-refractivity contribution in [2.24, 2.45) is 0 Å². The molecular weight excluding hydrogens is 234 g/mol. The zero-order chi connectivity index (χ0) is 13.7. The van der Waals surface area contributed by atoms with Gasteiger partial charge in [0.2, 0.25) is 0 Å². The number of carbonyl (C=O) groups is 1. The van der Waals surface area contributed by atoms with E-state index in [-0.39, 0.29) is 5.78 Å². The van der Waals surface area contributed by atoms with Crippen LogP contribution in [0, 0.1) is 6.92 Å². The monoisotopic (exact) mass is 253 g/mol. The van der Waals surface area contributed by atoms with Gasteiger partial charge in [-0.05, 0) is 38.1 Å². The van der Waals surface area contributed by atoms with E-state index in [1.807, 2.05) is 62.5 Å². The summed E-state index contributed by atoms with van der Waals surface area (Å²) in [6, 6.07) is 15.6. The molecule has 19 heavy (non-hydrogen) atoms. The molecule has 0 bridgehead atoms. The molecule has 0 unspecified atom stereocenters. The Morgan fingerprint density at radius 2 is 1.63 bits per heavy atom. The second kappa shape index (κ2) is 6.30. The van der Waals surface area contributed by atoms with Gasteiger partial charge in [-0.25, -0.2) is 0 Å². The Hall–Kier alpha value is -1.93. The van der Waals surface area contributed by atoms with Crippen molar-refractivity contribution >= 4 is 5.78 Å². The van der Waals surface area contributed by atoms with Crippen molar-refractivity contribution in [2.75, 3.05) is 13.6 Å². The van der Waals surface area contributed by atoms with E-state index in [1.54, 1.807) is 0 Å². The normalized spacial score (nSPS) is 10.4. The van der Waals surface area contributed by atoms with Crippen LogP contribution < -0.4 is 5.32 Å². The minimum absolute atomic E-state index is 0.116. The fourth-order valence-electron chi connectivity index (χ4n) is 2.19. The van der Waals surface area contributed by atoms with Crippen LogP contribution in [-0.2, 0) is 6.42 Å². The lowest BCUT2D eigenvalue weighted by Gasteiger charge is -2.10. The van der Waals surface area contributed by atoms with Gasteiger partial charge in [0.1, 0.15) is 0 Å². The van der Waals surface area contributed by atoms with E-state index in [1.165, 1.54) is 0 Å². The molecule has 98 valence electrons. The molecule has 1 N–H and O–H groups in total. The van der Waals surface area contributed by atoms with Crippen molar-refractivity contribution in [3.8, 4) is 0 Å². The molecule has 0 aliphatic heterocycles. The Kier molecular flexibility index (Phi) is 4.48. The molecule has 0 fully saturated rings. The van der Waals surface area contributed by atoms with Gasteiger partial charge in [0.25, 0.3) is 0 Å². The molecule has 2 rings (SSSR count). The zero-order valence-corrected chi connectivity index (χ0v) is 11.4. The molecule has 0 amide bonds. The van der Waals surface area contributed by atoms with Crippen molar-refractivity contribution in [1.29, 1.82) is 0 Å². The van der Waals surface area contributed by atoms with E-state index in [4.69, 9.17) is 0 Å². The molecule has 2 nitrogen and oxygen atoms in total. The van der Waals surface area contributed by atoms with Crippen LogP contribution in [0.1, 0.15) is 27.0 Å². The summed E-state index contributed by atoms with van der Waals surface area (Å²) >= 11 is 0. The second-order valence-corrected chi connectivity index (χ2v) is 4.65. The summed E-state index contributed by atoms with van der Waals surface area (Å²) < 4.78 is 0. The highest BCUT2D eigenvalue weighted by atomic mass is 16.1. The standard InChI is InChI=1S/C17H19NO/c1-13-7-3-5-9-15(13)17(19)16-10-6-4-8-14(16)11-12-18-2/h3-10,18H,11-12H2,1-2H3. The number of likely N-dealkylation sites (N-methyl/N-ethyl adjacent to an activating group) is 1. The van der Waals surface area contributed by atoms with Crippen LogP contribution in [0.15, 0.2) is 48.5 Å². The van der Waals surface area contributed by atoms with E-state index in [0.717, 1.165) is 35.2 Å². The number of ketones is 1. The lowest BCUT2D eigenvalue weighted by Crippen LogP contribution is -2.13. The Labute approximate surface area is 114 Å². The molecule has 2 heteroatoms. The Balaban J connectivity index is 2.36. The predicted molar refractivity (Wildman–Crippen MR) is 78.7 cm³/mol. The molecule has 0 heterocycles. The highest BCUT2D eigenvalue weighted by molar-refractivity contribution is 6.10. The first kappa shape index (κ1) is 13.5. The maximum Gasteiger partial charge on any atom is 0.193 e. The van der Waals surface area contributed by atoms with Gasteiger partial charge in [-0.1, -0.05) is 48.5 Å². The van der Waals surface area contributed by atoms with Crippen LogP contribution in [0.25, 0.3) is 0 Å². The molecule has 0 saturated carbocycles. The van der Waals surface area contributed by atoms with Crippen LogP contribution in [0.4, 0.5) is 0 Å². The Morgan fingerprint density at radius 1 is 1.00 bits per heavy atom. The molecule has 2 aromatic rings. The van der Waals surface area contributed by atoms with Crippen molar-refractivity contribution < 1.29 is 4.79 Å². The maximum absolute atomic E-state index is 12.6. The smallest absolute Gasteiger partial charge is 0.193 e. The minimum atomic E-state index is 0.116. The van der Waals surface area contributed by atoms with Gasteiger partial charge in [0.15, 0.2) is 5.78 Å². The number of carbonyl (C=O) groups excluding carboxylic acids is 1. The maximum atomic E-state index is 12.6. The fraction of sp³-hybridized carbons (Fsp3) is 0.235. The van der Waals surface area contributed by atoms with Crippen LogP contribution >= 0.6 is 0 Å². The van der Waals surface area contributed by atoms with Crippen LogP contribution in [0.3, 0.4) is 0 Å². The van der Waals surface area contributed by atoms with Crippen molar-refractivity contribution in [1.82, 2.24) is 5.32 Å². The zero-order valence-electron chi connectivity index (χ0n) is 11.4. The van der Waals surface area contributed by atoms with Gasteiger partial charge in [-0.2, -0.15) is 0 Å². The summed E-state index contributed by atoms with van der Waals surface area (Å²) in [6.07, 6.45) is 0.865. The average Bonchev–Trinajstić information content (AvgIpc) is 2.45. The number of benzene rings is 2. The van der Waals surface area contributed by atoms with Gasteiger partial charge < -0.3 is 5.32 Å². The number of rotatable bonds is 5. The van der Waals surface area contributed by atoms with Gasteiger partial charge in [0.05, 0.1) is 0 Å². The third kappa shape index (κ3) is 3.09. The SMILES string of the molecule is CNCCc1ccccc1C(=O)c1ccccc1C. The lowest BCUT2D eigenvalue weighted by atomic mass is 9.94. The number of nitrogens with one attached hydrogen (secondary N) is 1. The average molecular weight is 253 g/mol. The van der Waals surface area contributed by atoms with E-state index in [2.05, 4.69) is 5.32 Å². The first-order chi connectivity index (χ1) is 9.24. The molecule has 0 spiro atoms. The minimum Gasteiger partial charge on any atom is -0.319 e. The lowest BCUT2D eigenvalue weighted by molar-refractivity contribution is 0.103. The second-order valence-electron chi connectivity index (χ2n) is 4.65. The van der Waals surface area contributed by atoms with Crippen LogP contribution in [0.2, 0.25) is 0 Å². The molecule has 2 aromatic carbocycles.